The Bertz CT molecular complexity index is 977. The number of amides is 1. The predicted molar refractivity (Wildman–Crippen MR) is 107 cm³/mol. The normalized spacial score (nSPS) is 11.1. The first-order valence-corrected chi connectivity index (χ1v) is 8.95. The summed E-state index contributed by atoms with van der Waals surface area (Å²) in [5.41, 5.74) is 8.38. The largest absolute Gasteiger partial charge is 0.318 e. The third-order valence-corrected chi connectivity index (χ3v) is 5.03. The Morgan fingerprint density at radius 2 is 2.04 bits per heavy atom. The molecular formula is C20H19BrN4O. The smallest absolute Gasteiger partial charge is 0.272 e. The molecule has 26 heavy (non-hydrogen) atoms. The van der Waals surface area contributed by atoms with Gasteiger partial charge in [-0.1, -0.05) is 22.0 Å². The van der Waals surface area contributed by atoms with Crippen LogP contribution >= 0.6 is 15.9 Å². The summed E-state index contributed by atoms with van der Waals surface area (Å²) in [5.74, 6) is -0.286. The van der Waals surface area contributed by atoms with Crippen molar-refractivity contribution in [2.75, 3.05) is 0 Å². The van der Waals surface area contributed by atoms with Gasteiger partial charge >= 0.3 is 0 Å². The Morgan fingerprint density at radius 1 is 1.23 bits per heavy atom. The van der Waals surface area contributed by atoms with Gasteiger partial charge in [0, 0.05) is 39.5 Å². The first kappa shape index (κ1) is 18.1. The van der Waals surface area contributed by atoms with Gasteiger partial charge in [-0.15, -0.1) is 0 Å². The van der Waals surface area contributed by atoms with Gasteiger partial charge < -0.3 is 4.57 Å². The van der Waals surface area contributed by atoms with E-state index in [1.165, 1.54) is 11.8 Å². The summed E-state index contributed by atoms with van der Waals surface area (Å²) in [4.78, 5) is 15.9. The fourth-order valence-corrected chi connectivity index (χ4v) is 3.13. The number of aromatic nitrogens is 2. The molecule has 5 nitrogen and oxygen atoms in total. The Balaban J connectivity index is 1.81. The van der Waals surface area contributed by atoms with Gasteiger partial charge in [0.1, 0.15) is 0 Å². The van der Waals surface area contributed by atoms with E-state index in [2.05, 4.69) is 61.1 Å². The molecule has 0 bridgehead atoms. The maximum atomic E-state index is 12.0. The van der Waals surface area contributed by atoms with Crippen molar-refractivity contribution >= 4 is 28.1 Å². The number of hydrogen-bond acceptors (Lipinski definition) is 3. The van der Waals surface area contributed by atoms with E-state index in [0.717, 1.165) is 27.1 Å². The topological polar surface area (TPSA) is 59.3 Å². The number of carbonyl (C=O) groups excluding carboxylic acids is 1. The Morgan fingerprint density at radius 3 is 2.73 bits per heavy atom. The molecule has 0 saturated heterocycles. The van der Waals surface area contributed by atoms with Crippen molar-refractivity contribution in [2.45, 2.75) is 20.8 Å². The molecule has 0 unspecified atom stereocenters. The Hall–Kier alpha value is -2.73. The molecule has 0 fully saturated rings. The number of rotatable bonds is 4. The number of halogens is 1. The molecule has 0 aliphatic carbocycles. The average Bonchev–Trinajstić information content (AvgIpc) is 2.92. The maximum Gasteiger partial charge on any atom is 0.272 e. The predicted octanol–water partition coefficient (Wildman–Crippen LogP) is 4.32. The second-order valence-corrected chi connectivity index (χ2v) is 6.89. The van der Waals surface area contributed by atoms with Gasteiger partial charge in [0.25, 0.3) is 5.91 Å². The highest BCUT2D eigenvalue weighted by atomic mass is 79.9. The highest BCUT2D eigenvalue weighted by molar-refractivity contribution is 9.10. The SMILES string of the molecule is Cc1ccc(-n2c(C)cc(C=NNC(=O)c3cccnc3)c2C)cc1Br. The monoisotopic (exact) mass is 410 g/mol. The van der Waals surface area contributed by atoms with Crippen molar-refractivity contribution in [3.8, 4) is 5.69 Å². The first-order valence-electron chi connectivity index (χ1n) is 8.16. The quantitative estimate of drug-likeness (QED) is 0.514. The Labute approximate surface area is 160 Å². The average molecular weight is 411 g/mol. The van der Waals surface area contributed by atoms with E-state index in [1.54, 1.807) is 24.5 Å². The second-order valence-electron chi connectivity index (χ2n) is 6.04. The molecule has 0 radical (unpaired) electrons. The van der Waals surface area contributed by atoms with Crippen LogP contribution in [0.15, 0.2) is 58.4 Å². The van der Waals surface area contributed by atoms with Crippen LogP contribution in [-0.2, 0) is 0 Å². The molecule has 0 saturated carbocycles. The minimum atomic E-state index is -0.286. The van der Waals surface area contributed by atoms with Crippen LogP contribution < -0.4 is 5.43 Å². The van der Waals surface area contributed by atoms with Gasteiger partial charge in [-0.3, -0.25) is 9.78 Å². The molecule has 132 valence electrons. The molecule has 1 amide bonds. The number of hydrogen-bond donors (Lipinski definition) is 1. The van der Waals surface area contributed by atoms with Crippen LogP contribution in [-0.4, -0.2) is 21.7 Å². The van der Waals surface area contributed by atoms with Crippen molar-refractivity contribution in [2.24, 2.45) is 5.10 Å². The van der Waals surface area contributed by atoms with Crippen molar-refractivity contribution in [1.82, 2.24) is 15.0 Å². The molecule has 3 aromatic rings. The second kappa shape index (κ2) is 7.66. The summed E-state index contributed by atoms with van der Waals surface area (Å²) in [7, 11) is 0. The molecule has 3 rings (SSSR count). The van der Waals surface area contributed by atoms with E-state index < -0.39 is 0 Å². The summed E-state index contributed by atoms with van der Waals surface area (Å²) in [5, 5.41) is 4.08. The number of hydrazone groups is 1. The van der Waals surface area contributed by atoms with Crippen LogP contribution in [0.2, 0.25) is 0 Å². The van der Waals surface area contributed by atoms with E-state index >= 15 is 0 Å². The lowest BCUT2D eigenvalue weighted by Crippen LogP contribution is -2.17. The van der Waals surface area contributed by atoms with E-state index in [1.807, 2.05) is 19.9 Å². The van der Waals surface area contributed by atoms with Gasteiger partial charge in [0.05, 0.1) is 11.8 Å². The number of benzene rings is 1. The van der Waals surface area contributed by atoms with Crippen molar-refractivity contribution in [3.63, 3.8) is 0 Å². The number of aryl methyl sites for hydroxylation is 2. The lowest BCUT2D eigenvalue weighted by molar-refractivity contribution is 0.0955. The highest BCUT2D eigenvalue weighted by Crippen LogP contribution is 2.24. The van der Waals surface area contributed by atoms with Crippen molar-refractivity contribution < 1.29 is 4.79 Å². The molecule has 0 spiro atoms. The van der Waals surface area contributed by atoms with Crippen molar-refractivity contribution in [1.29, 1.82) is 0 Å². The summed E-state index contributed by atoms with van der Waals surface area (Å²) in [6, 6.07) is 11.7. The summed E-state index contributed by atoms with van der Waals surface area (Å²) >= 11 is 3.59. The lowest BCUT2D eigenvalue weighted by Gasteiger charge is -2.11. The minimum Gasteiger partial charge on any atom is -0.318 e. The maximum absolute atomic E-state index is 12.0. The number of carbonyl (C=O) groups is 1. The van der Waals surface area contributed by atoms with Crippen LogP contribution in [0, 0.1) is 20.8 Å². The lowest BCUT2D eigenvalue weighted by atomic mass is 10.2. The van der Waals surface area contributed by atoms with Gasteiger partial charge in [0.2, 0.25) is 0 Å². The number of nitrogens with one attached hydrogen (secondary N) is 1. The molecular weight excluding hydrogens is 392 g/mol. The standard InChI is InChI=1S/C20H19BrN4O/c1-13-6-7-18(10-19(13)21)25-14(2)9-17(15(25)3)12-23-24-20(26)16-5-4-8-22-11-16/h4-12H,1-3H3,(H,24,26). The van der Waals surface area contributed by atoms with E-state index in [0.29, 0.717) is 5.56 Å². The zero-order valence-electron chi connectivity index (χ0n) is 14.8. The zero-order valence-corrected chi connectivity index (χ0v) is 16.4. The van der Waals surface area contributed by atoms with Crippen LogP contribution in [0.25, 0.3) is 5.69 Å². The number of nitrogens with zero attached hydrogens (tertiary/aromatic N) is 3. The van der Waals surface area contributed by atoms with Crippen LogP contribution in [0.1, 0.15) is 32.9 Å². The van der Waals surface area contributed by atoms with Gasteiger partial charge in [-0.05, 0) is 56.7 Å². The molecule has 0 atom stereocenters. The molecule has 2 heterocycles. The molecule has 0 aliphatic rings. The van der Waals surface area contributed by atoms with Gasteiger partial charge in [-0.25, -0.2) is 5.43 Å². The summed E-state index contributed by atoms with van der Waals surface area (Å²) in [6.07, 6.45) is 4.79. The van der Waals surface area contributed by atoms with Crippen LogP contribution in [0.5, 0.6) is 0 Å². The van der Waals surface area contributed by atoms with Gasteiger partial charge in [-0.2, -0.15) is 5.10 Å². The third kappa shape index (κ3) is 3.75. The van der Waals surface area contributed by atoms with Crippen LogP contribution in [0.4, 0.5) is 0 Å². The fourth-order valence-electron chi connectivity index (χ4n) is 2.76. The van der Waals surface area contributed by atoms with Crippen molar-refractivity contribution in [3.05, 3.63) is 81.3 Å². The highest BCUT2D eigenvalue weighted by Gasteiger charge is 2.10. The van der Waals surface area contributed by atoms with Gasteiger partial charge in [0.15, 0.2) is 0 Å². The summed E-state index contributed by atoms with van der Waals surface area (Å²) in [6.45, 7) is 6.14. The fraction of sp³-hybridized carbons (Fsp3) is 0.150. The molecule has 1 aromatic carbocycles. The molecule has 0 aliphatic heterocycles. The molecule has 1 N–H and O–H groups in total. The van der Waals surface area contributed by atoms with E-state index in [9.17, 15) is 4.79 Å². The molecule has 6 heteroatoms. The zero-order chi connectivity index (χ0) is 18.7. The Kier molecular flexibility index (Phi) is 5.32. The molecule has 2 aromatic heterocycles. The first-order chi connectivity index (χ1) is 12.5. The third-order valence-electron chi connectivity index (χ3n) is 4.18. The van der Waals surface area contributed by atoms with Crippen LogP contribution in [0.3, 0.4) is 0 Å². The minimum absolute atomic E-state index is 0.286. The van der Waals surface area contributed by atoms with E-state index in [4.69, 9.17) is 0 Å². The summed E-state index contributed by atoms with van der Waals surface area (Å²) < 4.78 is 3.23. The number of pyridine rings is 1. The van der Waals surface area contributed by atoms with E-state index in [-0.39, 0.29) is 5.91 Å².